The number of rotatable bonds is 4. The van der Waals surface area contributed by atoms with Crippen LogP contribution < -0.4 is 10.6 Å². The van der Waals surface area contributed by atoms with Crippen molar-refractivity contribution in [1.82, 2.24) is 10.6 Å². The summed E-state index contributed by atoms with van der Waals surface area (Å²) < 4.78 is 0.940. The van der Waals surface area contributed by atoms with Gasteiger partial charge in [-0.05, 0) is 30.5 Å². The van der Waals surface area contributed by atoms with Gasteiger partial charge in [-0.1, -0.05) is 40.9 Å². The van der Waals surface area contributed by atoms with Crippen LogP contribution in [0.4, 0.5) is 4.79 Å². The van der Waals surface area contributed by atoms with E-state index in [-0.39, 0.29) is 0 Å². The first-order valence-corrected chi connectivity index (χ1v) is 7.35. The molecular formula is C14H17BrN2O3. The molecule has 1 aliphatic rings. The summed E-state index contributed by atoms with van der Waals surface area (Å²) in [6.45, 7) is 0.362. The first-order valence-electron chi connectivity index (χ1n) is 6.56. The van der Waals surface area contributed by atoms with Crippen molar-refractivity contribution in [2.45, 2.75) is 37.8 Å². The molecule has 5 nitrogen and oxygen atoms in total. The highest BCUT2D eigenvalue weighted by Gasteiger charge is 2.42. The number of carboxylic acids is 1. The summed E-state index contributed by atoms with van der Waals surface area (Å²) in [6.07, 6.45) is 2.65. The number of nitrogens with one attached hydrogen (secondary N) is 2. The van der Waals surface area contributed by atoms with Crippen LogP contribution in [0.15, 0.2) is 28.7 Å². The Bertz CT molecular complexity index is 513. The maximum atomic E-state index is 11.9. The normalized spacial score (nSPS) is 16.6. The Morgan fingerprint density at radius 3 is 2.60 bits per heavy atom. The molecule has 0 heterocycles. The summed E-state index contributed by atoms with van der Waals surface area (Å²) in [5.74, 6) is -0.951. The maximum Gasteiger partial charge on any atom is 0.329 e. The predicted octanol–water partition coefficient (Wildman–Crippen LogP) is 2.65. The van der Waals surface area contributed by atoms with E-state index in [0.29, 0.717) is 19.4 Å². The SMILES string of the molecule is O=C(NCc1cccc(Br)c1)NC1(C(=O)O)CCCC1. The van der Waals surface area contributed by atoms with Crippen LogP contribution >= 0.6 is 15.9 Å². The number of benzene rings is 1. The Kier molecular flexibility index (Phi) is 4.65. The van der Waals surface area contributed by atoms with Gasteiger partial charge in [0.25, 0.3) is 0 Å². The first kappa shape index (κ1) is 14.8. The van der Waals surface area contributed by atoms with Gasteiger partial charge in [0, 0.05) is 11.0 Å². The number of carboxylic acid groups (broad SMARTS) is 1. The Balaban J connectivity index is 1.90. The molecule has 0 unspecified atom stereocenters. The van der Waals surface area contributed by atoms with E-state index in [1.165, 1.54) is 0 Å². The fourth-order valence-corrected chi connectivity index (χ4v) is 2.91. The third-order valence-corrected chi connectivity index (χ3v) is 4.05. The van der Waals surface area contributed by atoms with Gasteiger partial charge in [-0.3, -0.25) is 0 Å². The number of amides is 2. The van der Waals surface area contributed by atoms with Crippen molar-refractivity contribution in [1.29, 1.82) is 0 Å². The van der Waals surface area contributed by atoms with Crippen LogP contribution in [0.5, 0.6) is 0 Å². The number of urea groups is 1. The lowest BCUT2D eigenvalue weighted by molar-refractivity contribution is -0.144. The Hall–Kier alpha value is -1.56. The molecule has 1 aromatic rings. The molecule has 1 aliphatic carbocycles. The van der Waals surface area contributed by atoms with E-state index in [1.807, 2.05) is 24.3 Å². The molecule has 3 N–H and O–H groups in total. The highest BCUT2D eigenvalue weighted by molar-refractivity contribution is 9.10. The third-order valence-electron chi connectivity index (χ3n) is 3.56. The molecule has 0 radical (unpaired) electrons. The average Bonchev–Trinajstić information content (AvgIpc) is 2.86. The van der Waals surface area contributed by atoms with E-state index in [4.69, 9.17) is 0 Å². The number of carbonyl (C=O) groups excluding carboxylic acids is 1. The molecule has 20 heavy (non-hydrogen) atoms. The standard InChI is InChI=1S/C14H17BrN2O3/c15-11-5-3-4-10(8-11)9-16-13(20)17-14(12(18)19)6-1-2-7-14/h3-5,8H,1-2,6-7,9H2,(H,18,19)(H2,16,17,20). The van der Waals surface area contributed by atoms with E-state index in [0.717, 1.165) is 22.9 Å². The quantitative estimate of drug-likeness (QED) is 0.788. The number of hydrogen-bond donors (Lipinski definition) is 3. The van der Waals surface area contributed by atoms with Crippen LogP contribution in [0.25, 0.3) is 0 Å². The van der Waals surface area contributed by atoms with Crippen molar-refractivity contribution in [2.75, 3.05) is 0 Å². The van der Waals surface area contributed by atoms with Crippen molar-refractivity contribution < 1.29 is 14.7 Å². The molecule has 2 rings (SSSR count). The molecule has 0 aromatic heterocycles. The minimum atomic E-state index is -1.10. The number of halogens is 1. The van der Waals surface area contributed by atoms with Crippen molar-refractivity contribution in [3.05, 3.63) is 34.3 Å². The topological polar surface area (TPSA) is 78.4 Å². The predicted molar refractivity (Wildman–Crippen MR) is 78.3 cm³/mol. The summed E-state index contributed by atoms with van der Waals surface area (Å²) in [5.41, 5.74) is -0.147. The van der Waals surface area contributed by atoms with E-state index in [1.54, 1.807) is 0 Å². The van der Waals surface area contributed by atoms with E-state index < -0.39 is 17.5 Å². The molecule has 0 aliphatic heterocycles. The van der Waals surface area contributed by atoms with Gasteiger partial charge in [-0.15, -0.1) is 0 Å². The van der Waals surface area contributed by atoms with E-state index >= 15 is 0 Å². The molecule has 0 atom stereocenters. The summed E-state index contributed by atoms with van der Waals surface area (Å²) in [6, 6.07) is 7.15. The van der Waals surface area contributed by atoms with Crippen LogP contribution in [0.1, 0.15) is 31.2 Å². The molecule has 1 fully saturated rings. The first-order chi connectivity index (χ1) is 9.52. The lowest BCUT2D eigenvalue weighted by atomic mass is 9.98. The largest absolute Gasteiger partial charge is 0.480 e. The zero-order chi connectivity index (χ0) is 14.6. The number of hydrogen-bond acceptors (Lipinski definition) is 2. The molecular weight excluding hydrogens is 324 g/mol. The van der Waals surface area contributed by atoms with Crippen LogP contribution in [0.2, 0.25) is 0 Å². The fourth-order valence-electron chi connectivity index (χ4n) is 2.46. The van der Waals surface area contributed by atoms with Crippen molar-refractivity contribution in [3.8, 4) is 0 Å². The summed E-state index contributed by atoms with van der Waals surface area (Å²) in [4.78, 5) is 23.2. The van der Waals surface area contributed by atoms with Gasteiger partial charge < -0.3 is 15.7 Å². The van der Waals surface area contributed by atoms with Crippen molar-refractivity contribution >= 4 is 27.9 Å². The molecule has 0 saturated heterocycles. The maximum absolute atomic E-state index is 11.9. The van der Waals surface area contributed by atoms with Gasteiger partial charge in [-0.2, -0.15) is 0 Å². The Morgan fingerprint density at radius 1 is 1.30 bits per heavy atom. The molecule has 0 spiro atoms. The van der Waals surface area contributed by atoms with Gasteiger partial charge >= 0.3 is 12.0 Å². The molecule has 1 aromatic carbocycles. The van der Waals surface area contributed by atoms with Crippen molar-refractivity contribution in [2.24, 2.45) is 0 Å². The lowest BCUT2D eigenvalue weighted by Gasteiger charge is -2.25. The highest BCUT2D eigenvalue weighted by Crippen LogP contribution is 2.29. The highest BCUT2D eigenvalue weighted by atomic mass is 79.9. The van der Waals surface area contributed by atoms with Crippen LogP contribution in [0.3, 0.4) is 0 Å². The lowest BCUT2D eigenvalue weighted by Crippen LogP contribution is -2.55. The minimum absolute atomic E-state index is 0.362. The summed E-state index contributed by atoms with van der Waals surface area (Å²) in [5, 5.41) is 14.6. The molecule has 2 amide bonds. The van der Waals surface area contributed by atoms with Gasteiger partial charge in [0.05, 0.1) is 0 Å². The second-order valence-electron chi connectivity index (χ2n) is 5.03. The summed E-state index contributed by atoms with van der Waals surface area (Å²) in [7, 11) is 0. The third kappa shape index (κ3) is 3.50. The smallest absolute Gasteiger partial charge is 0.329 e. The summed E-state index contributed by atoms with van der Waals surface area (Å²) >= 11 is 3.36. The molecule has 108 valence electrons. The molecule has 1 saturated carbocycles. The minimum Gasteiger partial charge on any atom is -0.480 e. The van der Waals surface area contributed by atoms with Gasteiger partial charge in [-0.25, -0.2) is 9.59 Å². The zero-order valence-electron chi connectivity index (χ0n) is 11.0. The zero-order valence-corrected chi connectivity index (χ0v) is 12.6. The monoisotopic (exact) mass is 340 g/mol. The average molecular weight is 341 g/mol. The van der Waals surface area contributed by atoms with Crippen molar-refractivity contribution in [3.63, 3.8) is 0 Å². The fraction of sp³-hybridized carbons (Fsp3) is 0.429. The number of carbonyl (C=O) groups is 2. The second kappa shape index (κ2) is 6.26. The van der Waals surface area contributed by atoms with Crippen LogP contribution in [0, 0.1) is 0 Å². The van der Waals surface area contributed by atoms with Gasteiger partial charge in [0.2, 0.25) is 0 Å². The Morgan fingerprint density at radius 2 is 2.00 bits per heavy atom. The van der Waals surface area contributed by atoms with E-state index in [2.05, 4.69) is 26.6 Å². The number of aliphatic carboxylic acids is 1. The van der Waals surface area contributed by atoms with Gasteiger partial charge in [0.15, 0.2) is 0 Å². The van der Waals surface area contributed by atoms with Gasteiger partial charge in [0.1, 0.15) is 5.54 Å². The molecule has 6 heteroatoms. The van der Waals surface area contributed by atoms with E-state index in [9.17, 15) is 14.7 Å². The van der Waals surface area contributed by atoms with Crippen LogP contribution in [-0.2, 0) is 11.3 Å². The van der Waals surface area contributed by atoms with Crippen LogP contribution in [-0.4, -0.2) is 22.6 Å². The molecule has 0 bridgehead atoms. The Labute approximate surface area is 125 Å². The second-order valence-corrected chi connectivity index (χ2v) is 5.95.